The monoisotopic (exact) mass is 400 g/mol. The van der Waals surface area contributed by atoms with E-state index < -0.39 is 5.97 Å². The Morgan fingerprint density at radius 3 is 2.61 bits per heavy atom. The molecule has 0 saturated carbocycles. The minimum Gasteiger partial charge on any atom is -0.497 e. The molecule has 0 bridgehead atoms. The normalized spacial score (nSPS) is 10.8. The van der Waals surface area contributed by atoms with Gasteiger partial charge in [0.05, 0.1) is 24.1 Å². The lowest BCUT2D eigenvalue weighted by atomic mass is 10.2. The molecule has 0 amide bonds. The quantitative estimate of drug-likeness (QED) is 0.547. The van der Waals surface area contributed by atoms with Gasteiger partial charge in [0.1, 0.15) is 23.1 Å². The molecule has 0 aliphatic carbocycles. The van der Waals surface area contributed by atoms with Gasteiger partial charge in [0, 0.05) is 17.6 Å². The lowest BCUT2D eigenvalue weighted by Crippen LogP contribution is -2.05. The molecule has 7 heteroatoms. The molecule has 2 aromatic heterocycles. The zero-order valence-corrected chi connectivity index (χ0v) is 17.1. The van der Waals surface area contributed by atoms with Gasteiger partial charge in [-0.2, -0.15) is 0 Å². The highest BCUT2D eigenvalue weighted by Crippen LogP contribution is 2.28. The number of carboxylic acid groups (broad SMARTS) is 1. The molecule has 28 heavy (non-hydrogen) atoms. The Labute approximate surface area is 168 Å². The molecule has 0 aliphatic rings. The molecule has 0 saturated heterocycles. The van der Waals surface area contributed by atoms with Crippen LogP contribution in [0.2, 0.25) is 0 Å². The highest BCUT2D eigenvalue weighted by Gasteiger charge is 2.19. The van der Waals surface area contributed by atoms with Crippen molar-refractivity contribution >= 4 is 17.3 Å². The molecule has 0 spiro atoms. The number of methoxy groups -OCH3 is 1. The SMILES string of the molecule is CCCCn1c(-c2csc(COc3ccc(OC)cc3)n2)cc(C(=O)O)c1C. The first-order valence-electron chi connectivity index (χ1n) is 9.18. The number of hydrogen-bond acceptors (Lipinski definition) is 5. The summed E-state index contributed by atoms with van der Waals surface area (Å²) < 4.78 is 13.0. The molecule has 0 aliphatic heterocycles. The topological polar surface area (TPSA) is 73.6 Å². The van der Waals surface area contributed by atoms with Crippen LogP contribution in [0.3, 0.4) is 0 Å². The fourth-order valence-electron chi connectivity index (χ4n) is 2.99. The van der Waals surface area contributed by atoms with Crippen molar-refractivity contribution < 1.29 is 19.4 Å². The summed E-state index contributed by atoms with van der Waals surface area (Å²) in [5.74, 6) is 0.613. The van der Waals surface area contributed by atoms with Crippen molar-refractivity contribution in [1.29, 1.82) is 0 Å². The van der Waals surface area contributed by atoms with E-state index >= 15 is 0 Å². The Bertz CT molecular complexity index is 944. The third-order valence-electron chi connectivity index (χ3n) is 4.57. The minimum atomic E-state index is -0.910. The zero-order valence-electron chi connectivity index (χ0n) is 16.3. The van der Waals surface area contributed by atoms with Crippen molar-refractivity contribution in [3.63, 3.8) is 0 Å². The number of carbonyl (C=O) groups is 1. The van der Waals surface area contributed by atoms with Gasteiger partial charge in [0.25, 0.3) is 0 Å². The Morgan fingerprint density at radius 2 is 1.96 bits per heavy atom. The standard InChI is InChI=1S/C21H24N2O4S/c1-4-5-10-23-14(2)17(21(24)25)11-19(23)18-13-28-20(22-18)12-27-16-8-6-15(26-3)7-9-16/h6-9,11,13H,4-5,10,12H2,1-3H3,(H,24,25). The number of benzene rings is 1. The van der Waals surface area contributed by atoms with E-state index in [0.29, 0.717) is 12.2 Å². The van der Waals surface area contributed by atoms with Crippen LogP contribution in [0.4, 0.5) is 0 Å². The second kappa shape index (κ2) is 8.93. The molecule has 3 aromatic rings. The van der Waals surface area contributed by atoms with E-state index in [1.165, 1.54) is 11.3 Å². The Balaban J connectivity index is 1.78. The maximum Gasteiger partial charge on any atom is 0.337 e. The van der Waals surface area contributed by atoms with Crippen LogP contribution in [0, 0.1) is 6.92 Å². The molecule has 148 valence electrons. The van der Waals surface area contributed by atoms with Gasteiger partial charge in [0.15, 0.2) is 0 Å². The van der Waals surface area contributed by atoms with Gasteiger partial charge in [-0.1, -0.05) is 13.3 Å². The van der Waals surface area contributed by atoms with E-state index in [-0.39, 0.29) is 0 Å². The van der Waals surface area contributed by atoms with E-state index in [9.17, 15) is 9.90 Å². The maximum absolute atomic E-state index is 11.5. The largest absolute Gasteiger partial charge is 0.497 e. The summed E-state index contributed by atoms with van der Waals surface area (Å²) in [6, 6.07) is 9.12. The molecule has 0 atom stereocenters. The Kier molecular flexibility index (Phi) is 6.36. The molecule has 2 heterocycles. The predicted molar refractivity (Wildman–Crippen MR) is 109 cm³/mol. The van der Waals surface area contributed by atoms with Gasteiger partial charge >= 0.3 is 5.97 Å². The van der Waals surface area contributed by atoms with Gasteiger partial charge in [-0.05, 0) is 43.7 Å². The van der Waals surface area contributed by atoms with E-state index in [0.717, 1.165) is 53.0 Å². The first-order valence-corrected chi connectivity index (χ1v) is 10.1. The van der Waals surface area contributed by atoms with Crippen molar-refractivity contribution in [2.24, 2.45) is 0 Å². The molecule has 1 aromatic carbocycles. The number of unbranched alkanes of at least 4 members (excludes halogenated alkanes) is 1. The van der Waals surface area contributed by atoms with Gasteiger partial charge < -0.3 is 19.1 Å². The third-order valence-corrected chi connectivity index (χ3v) is 5.39. The van der Waals surface area contributed by atoms with Crippen molar-refractivity contribution in [2.45, 2.75) is 39.8 Å². The number of nitrogens with zero attached hydrogens (tertiary/aromatic N) is 2. The minimum absolute atomic E-state index is 0.329. The van der Waals surface area contributed by atoms with Crippen LogP contribution in [0.15, 0.2) is 35.7 Å². The number of hydrogen-bond donors (Lipinski definition) is 1. The first kappa shape index (κ1) is 19.9. The molecule has 0 radical (unpaired) electrons. The molecule has 3 rings (SSSR count). The molecule has 0 fully saturated rings. The fourth-order valence-corrected chi connectivity index (χ4v) is 3.69. The number of ether oxygens (including phenoxy) is 2. The number of thiazole rings is 1. The van der Waals surface area contributed by atoms with E-state index in [1.54, 1.807) is 13.2 Å². The van der Waals surface area contributed by atoms with Crippen molar-refractivity contribution in [3.05, 3.63) is 52.0 Å². The highest BCUT2D eigenvalue weighted by atomic mass is 32.1. The van der Waals surface area contributed by atoms with Gasteiger partial charge in [-0.25, -0.2) is 9.78 Å². The summed E-state index contributed by atoms with van der Waals surface area (Å²) in [4.78, 5) is 16.2. The van der Waals surface area contributed by atoms with Gasteiger partial charge in [-0.15, -0.1) is 11.3 Å². The Morgan fingerprint density at radius 1 is 1.25 bits per heavy atom. The van der Waals surface area contributed by atoms with Crippen LogP contribution in [0.1, 0.15) is 40.8 Å². The van der Waals surface area contributed by atoms with Gasteiger partial charge in [-0.3, -0.25) is 0 Å². The number of aromatic carboxylic acids is 1. The van der Waals surface area contributed by atoms with E-state index in [4.69, 9.17) is 9.47 Å². The summed E-state index contributed by atoms with van der Waals surface area (Å²) >= 11 is 1.51. The average Bonchev–Trinajstić information content (AvgIpc) is 3.29. The molecule has 0 unspecified atom stereocenters. The zero-order chi connectivity index (χ0) is 20.1. The summed E-state index contributed by atoms with van der Waals surface area (Å²) in [5, 5.41) is 12.3. The highest BCUT2D eigenvalue weighted by molar-refractivity contribution is 7.09. The lowest BCUT2D eigenvalue weighted by molar-refractivity contribution is 0.0696. The predicted octanol–water partition coefficient (Wildman–Crippen LogP) is 5.01. The van der Waals surface area contributed by atoms with Crippen LogP contribution in [-0.2, 0) is 13.2 Å². The van der Waals surface area contributed by atoms with Crippen LogP contribution in [0.25, 0.3) is 11.4 Å². The lowest BCUT2D eigenvalue weighted by Gasteiger charge is -2.09. The van der Waals surface area contributed by atoms with E-state index in [1.807, 2.05) is 36.6 Å². The molecular formula is C21H24N2O4S. The fraction of sp³-hybridized carbons (Fsp3) is 0.333. The smallest absolute Gasteiger partial charge is 0.337 e. The van der Waals surface area contributed by atoms with Crippen molar-refractivity contribution in [3.8, 4) is 22.9 Å². The van der Waals surface area contributed by atoms with Crippen LogP contribution in [0.5, 0.6) is 11.5 Å². The summed E-state index contributed by atoms with van der Waals surface area (Å²) in [6.07, 6.45) is 2.02. The van der Waals surface area contributed by atoms with Crippen LogP contribution in [-0.4, -0.2) is 27.7 Å². The van der Waals surface area contributed by atoms with Crippen molar-refractivity contribution in [2.75, 3.05) is 7.11 Å². The van der Waals surface area contributed by atoms with E-state index in [2.05, 4.69) is 16.5 Å². The molecule has 6 nitrogen and oxygen atoms in total. The Hall–Kier alpha value is -2.80. The summed E-state index contributed by atoms with van der Waals surface area (Å²) in [5.41, 5.74) is 2.72. The van der Waals surface area contributed by atoms with Crippen LogP contribution >= 0.6 is 11.3 Å². The average molecular weight is 401 g/mol. The number of carboxylic acids is 1. The maximum atomic E-state index is 11.5. The van der Waals surface area contributed by atoms with Crippen molar-refractivity contribution in [1.82, 2.24) is 9.55 Å². The first-order chi connectivity index (χ1) is 13.5. The number of rotatable bonds is 9. The third kappa shape index (κ3) is 4.36. The summed E-state index contributed by atoms with van der Waals surface area (Å²) in [6.45, 7) is 5.11. The summed E-state index contributed by atoms with van der Waals surface area (Å²) in [7, 11) is 1.63. The second-order valence-corrected chi connectivity index (χ2v) is 7.37. The molecule has 1 N–H and O–H groups in total. The second-order valence-electron chi connectivity index (χ2n) is 6.43. The number of aromatic nitrogens is 2. The molecular weight excluding hydrogens is 376 g/mol. The van der Waals surface area contributed by atoms with Crippen LogP contribution < -0.4 is 9.47 Å². The van der Waals surface area contributed by atoms with Gasteiger partial charge in [0.2, 0.25) is 0 Å².